The quantitative estimate of drug-likeness (QED) is 0.0762. The van der Waals surface area contributed by atoms with Crippen LogP contribution in [0.4, 0.5) is 0 Å². The third-order valence-electron chi connectivity index (χ3n) is 7.72. The Morgan fingerprint density at radius 3 is 1.02 bits per heavy atom. The van der Waals surface area contributed by atoms with Crippen LogP contribution >= 0.6 is 0 Å². The molecule has 0 aliphatic rings. The van der Waals surface area contributed by atoms with E-state index >= 15 is 0 Å². The molecular formula is C38H58MgO6. The molecule has 0 bridgehead atoms. The van der Waals surface area contributed by atoms with Gasteiger partial charge in [-0.1, -0.05) is 154 Å². The van der Waals surface area contributed by atoms with Gasteiger partial charge in [0.25, 0.3) is 0 Å². The molecule has 6 nitrogen and oxygen atoms in total. The molecule has 2 rings (SSSR count). The van der Waals surface area contributed by atoms with E-state index in [0.717, 1.165) is 25.7 Å². The summed E-state index contributed by atoms with van der Waals surface area (Å²) in [6, 6.07) is 13.3. The molecular weight excluding hydrogens is 577 g/mol. The molecule has 7 heteroatoms. The second-order valence-electron chi connectivity index (χ2n) is 11.6. The molecule has 0 fully saturated rings. The van der Waals surface area contributed by atoms with Crippen molar-refractivity contribution in [1.82, 2.24) is 0 Å². The van der Waals surface area contributed by atoms with Gasteiger partial charge in [0.1, 0.15) is 11.5 Å². The molecule has 0 heterocycles. The summed E-state index contributed by atoms with van der Waals surface area (Å²) in [6.45, 7) is 5.63. The summed E-state index contributed by atoms with van der Waals surface area (Å²) in [4.78, 5) is 21.9. The van der Waals surface area contributed by atoms with Gasteiger partial charge in [0, 0.05) is 11.1 Å². The van der Waals surface area contributed by atoms with E-state index in [0.29, 0.717) is 24.7 Å². The number of carboxylic acids is 2. The number of hydrogen-bond acceptors (Lipinski definition) is 6. The molecule has 2 aromatic carbocycles. The first-order valence-electron chi connectivity index (χ1n) is 17.4. The molecule has 0 aliphatic heterocycles. The van der Waals surface area contributed by atoms with Crippen LogP contribution in [-0.4, -0.2) is 48.2 Å². The number of benzene rings is 2. The number of carboxylic acid groups (broad SMARTS) is 2. The van der Waals surface area contributed by atoms with Gasteiger partial charge in [0.15, 0.2) is 0 Å². The monoisotopic (exact) mass is 634 g/mol. The minimum atomic E-state index is -1.18. The molecule has 0 atom stereocenters. The first-order chi connectivity index (χ1) is 21.5. The molecule has 0 amide bonds. The molecule has 0 N–H and O–H groups in total. The first kappa shape index (κ1) is 42.7. The van der Waals surface area contributed by atoms with Gasteiger partial charge in [-0.05, 0) is 37.1 Å². The topological polar surface area (TPSA) is 98.7 Å². The van der Waals surface area contributed by atoms with Gasteiger partial charge in [-0.25, -0.2) is 0 Å². The average Bonchev–Trinajstić information content (AvgIpc) is 3.03. The smallest absolute Gasteiger partial charge is 0.545 e. The van der Waals surface area contributed by atoms with Crippen LogP contribution in [0.25, 0.3) is 0 Å². The molecule has 0 aliphatic carbocycles. The summed E-state index contributed by atoms with van der Waals surface area (Å²) in [7, 11) is 0. The molecule has 45 heavy (non-hydrogen) atoms. The minimum Gasteiger partial charge on any atom is -0.545 e. The van der Waals surface area contributed by atoms with Gasteiger partial charge in [0.2, 0.25) is 0 Å². The van der Waals surface area contributed by atoms with Crippen molar-refractivity contribution >= 4 is 35.0 Å². The van der Waals surface area contributed by atoms with Crippen LogP contribution < -0.4 is 19.7 Å². The van der Waals surface area contributed by atoms with Crippen molar-refractivity contribution in [3.63, 3.8) is 0 Å². The van der Waals surface area contributed by atoms with Crippen molar-refractivity contribution in [3.8, 4) is 11.5 Å². The summed E-state index contributed by atoms with van der Waals surface area (Å²) < 4.78 is 11.1. The zero-order chi connectivity index (χ0) is 32.1. The normalized spacial score (nSPS) is 10.4. The maximum absolute atomic E-state index is 10.9. The van der Waals surface area contributed by atoms with Crippen LogP contribution in [0.1, 0.15) is 163 Å². The molecule has 0 spiro atoms. The van der Waals surface area contributed by atoms with Crippen LogP contribution in [0.15, 0.2) is 48.5 Å². The third kappa shape index (κ3) is 22.8. The van der Waals surface area contributed by atoms with Crippen molar-refractivity contribution in [2.24, 2.45) is 0 Å². The van der Waals surface area contributed by atoms with E-state index in [1.54, 1.807) is 36.4 Å². The van der Waals surface area contributed by atoms with E-state index in [9.17, 15) is 19.8 Å². The Morgan fingerprint density at radius 1 is 0.467 bits per heavy atom. The molecule has 0 unspecified atom stereocenters. The van der Waals surface area contributed by atoms with Crippen molar-refractivity contribution in [2.45, 2.75) is 142 Å². The van der Waals surface area contributed by atoms with Gasteiger partial charge in [-0.15, -0.1) is 0 Å². The summed E-state index contributed by atoms with van der Waals surface area (Å²) in [6.07, 6.45) is 25.5. The van der Waals surface area contributed by atoms with Gasteiger partial charge < -0.3 is 29.3 Å². The number of para-hydroxylation sites is 2. The number of unbranched alkanes of at least 4 members (excludes halogenated alkanes) is 18. The van der Waals surface area contributed by atoms with Crippen LogP contribution in [0.5, 0.6) is 11.5 Å². The van der Waals surface area contributed by atoms with Crippen LogP contribution in [0.3, 0.4) is 0 Å². The second-order valence-corrected chi connectivity index (χ2v) is 11.6. The summed E-state index contributed by atoms with van der Waals surface area (Å²) in [5, 5.41) is 21.9. The maximum atomic E-state index is 10.9. The number of ether oxygens (including phenoxy) is 2. The molecule has 0 saturated carbocycles. The fourth-order valence-corrected chi connectivity index (χ4v) is 5.07. The minimum absolute atomic E-state index is 0. The Bertz CT molecular complexity index is 916. The van der Waals surface area contributed by atoms with E-state index in [4.69, 9.17) is 9.47 Å². The molecule has 0 aromatic heterocycles. The van der Waals surface area contributed by atoms with Crippen LogP contribution in [0, 0.1) is 0 Å². The Balaban J connectivity index is 0.000000842. The summed E-state index contributed by atoms with van der Waals surface area (Å²) >= 11 is 0. The number of hydrogen-bond donors (Lipinski definition) is 0. The van der Waals surface area contributed by atoms with Gasteiger partial charge >= 0.3 is 23.1 Å². The van der Waals surface area contributed by atoms with Gasteiger partial charge in [-0.3, -0.25) is 0 Å². The summed E-state index contributed by atoms with van der Waals surface area (Å²) in [5.74, 6) is -1.53. The predicted molar refractivity (Wildman–Crippen MR) is 182 cm³/mol. The van der Waals surface area contributed by atoms with E-state index in [2.05, 4.69) is 13.8 Å². The Kier molecular flexibility index (Phi) is 28.9. The Labute approximate surface area is 289 Å². The van der Waals surface area contributed by atoms with Crippen molar-refractivity contribution in [3.05, 3.63) is 59.7 Å². The van der Waals surface area contributed by atoms with Gasteiger partial charge in [-0.2, -0.15) is 0 Å². The van der Waals surface area contributed by atoms with E-state index in [-0.39, 0.29) is 34.2 Å². The zero-order valence-corrected chi connectivity index (χ0v) is 29.7. The number of aromatic carboxylic acids is 2. The summed E-state index contributed by atoms with van der Waals surface area (Å²) in [5.41, 5.74) is 0.268. The van der Waals surface area contributed by atoms with E-state index in [1.807, 2.05) is 0 Å². The van der Waals surface area contributed by atoms with Gasteiger partial charge in [0.05, 0.1) is 25.2 Å². The molecule has 0 saturated heterocycles. The molecule has 2 aromatic rings. The third-order valence-corrected chi connectivity index (χ3v) is 7.72. The zero-order valence-electron chi connectivity index (χ0n) is 28.3. The van der Waals surface area contributed by atoms with Crippen molar-refractivity contribution in [2.75, 3.05) is 13.2 Å². The fraction of sp³-hybridized carbons (Fsp3) is 0.632. The number of carbonyl (C=O) groups is 2. The number of rotatable bonds is 26. The standard InChI is InChI=1S/2C19H30O3.Mg/c2*1-2-3-4-5-6-7-8-9-10-13-16-22-18-15-12-11-14-17(18)19(20)21;/h2*11-12,14-15H,2-10,13,16H2,1H3,(H,20,21);/q;;+2/p-2. The maximum Gasteiger partial charge on any atom is 2.00 e. The van der Waals surface area contributed by atoms with Crippen LogP contribution in [-0.2, 0) is 0 Å². The predicted octanol–water partition coefficient (Wildman–Crippen LogP) is 8.32. The average molecular weight is 635 g/mol. The second kappa shape index (κ2) is 30.4. The fourth-order valence-electron chi connectivity index (χ4n) is 5.07. The van der Waals surface area contributed by atoms with E-state index in [1.165, 1.54) is 115 Å². The Hall–Kier alpha value is -2.25. The molecule has 0 radical (unpaired) electrons. The van der Waals surface area contributed by atoms with E-state index < -0.39 is 11.9 Å². The van der Waals surface area contributed by atoms with Crippen LogP contribution in [0.2, 0.25) is 0 Å². The largest absolute Gasteiger partial charge is 2.00 e. The first-order valence-corrected chi connectivity index (χ1v) is 17.4. The Morgan fingerprint density at radius 2 is 0.733 bits per heavy atom. The van der Waals surface area contributed by atoms with Crippen molar-refractivity contribution in [1.29, 1.82) is 0 Å². The SMILES string of the molecule is CCCCCCCCCCCCOc1ccccc1C(=O)[O-].CCCCCCCCCCCCOc1ccccc1C(=O)[O-].[Mg+2]. The molecule has 248 valence electrons. The van der Waals surface area contributed by atoms with Crippen molar-refractivity contribution < 1.29 is 29.3 Å². The number of carbonyl (C=O) groups excluding carboxylic acids is 2.